The second kappa shape index (κ2) is 12.6. The van der Waals surface area contributed by atoms with Crippen molar-refractivity contribution in [2.24, 2.45) is 5.92 Å². The number of aliphatic hydroxyl groups excluding tert-OH is 1. The van der Waals surface area contributed by atoms with Crippen LogP contribution in [0.2, 0.25) is 0 Å². The first-order chi connectivity index (χ1) is 19.8. The van der Waals surface area contributed by atoms with Crippen LogP contribution < -0.4 is 19.5 Å². The quantitative estimate of drug-likeness (QED) is 0.410. The molecule has 3 aromatic carbocycles. The summed E-state index contributed by atoms with van der Waals surface area (Å²) < 4.78 is 17.5. The predicted molar refractivity (Wildman–Crippen MR) is 155 cm³/mol. The number of carbonyl (C=O) groups is 2. The van der Waals surface area contributed by atoms with Crippen molar-refractivity contribution in [2.45, 2.75) is 39.0 Å². The topological polar surface area (TPSA) is 101 Å². The Labute approximate surface area is 240 Å². The van der Waals surface area contributed by atoms with E-state index in [1.807, 2.05) is 62.5 Å². The number of nitrogens with zero attached hydrogens (tertiary/aromatic N) is 2. The van der Waals surface area contributed by atoms with Crippen molar-refractivity contribution in [2.75, 3.05) is 38.9 Å². The van der Waals surface area contributed by atoms with Gasteiger partial charge in [0.25, 0.3) is 5.91 Å². The Hall–Kier alpha value is -4.08. The Bertz CT molecular complexity index is 1380. The van der Waals surface area contributed by atoms with E-state index in [0.29, 0.717) is 36.6 Å². The summed E-state index contributed by atoms with van der Waals surface area (Å²) in [6.45, 7) is 5.69. The van der Waals surface area contributed by atoms with Gasteiger partial charge in [0.2, 0.25) is 12.7 Å². The van der Waals surface area contributed by atoms with Gasteiger partial charge < -0.3 is 29.5 Å². The van der Waals surface area contributed by atoms with Crippen LogP contribution in [0, 0.1) is 5.92 Å². The lowest BCUT2D eigenvalue weighted by Gasteiger charge is -2.38. The number of anilines is 1. The first kappa shape index (κ1) is 28.4. The van der Waals surface area contributed by atoms with Crippen molar-refractivity contribution in [1.82, 2.24) is 9.80 Å². The number of rotatable bonds is 9. The average Bonchev–Trinajstić information content (AvgIpc) is 3.43. The van der Waals surface area contributed by atoms with Crippen LogP contribution in [-0.2, 0) is 17.8 Å². The lowest BCUT2D eigenvalue weighted by atomic mass is 9.99. The fraction of sp³-hybridized carbons (Fsp3) is 0.375. The van der Waals surface area contributed by atoms with Gasteiger partial charge >= 0.3 is 0 Å². The minimum Gasteiger partial charge on any atom is -0.488 e. The average molecular weight is 560 g/mol. The van der Waals surface area contributed by atoms with Gasteiger partial charge in [0.05, 0.1) is 24.6 Å². The summed E-state index contributed by atoms with van der Waals surface area (Å²) in [6, 6.07) is 20.2. The van der Waals surface area contributed by atoms with Gasteiger partial charge in [0.15, 0.2) is 11.5 Å². The lowest BCUT2D eigenvalue weighted by molar-refractivity contribution is -0.115. The van der Waals surface area contributed by atoms with E-state index >= 15 is 0 Å². The number of fused-ring (bicyclic) bond motifs is 2. The third-order valence-corrected chi connectivity index (χ3v) is 7.54. The van der Waals surface area contributed by atoms with Crippen molar-refractivity contribution >= 4 is 17.5 Å². The highest BCUT2D eigenvalue weighted by Gasteiger charge is 2.33. The standard InChI is InChI=1S/C32H37N3O6/c1-21-16-35(22(2)19-36)32(38)26-15-25(33-31(37)14-23-7-5-4-6-8-23)10-12-27(26)41-30(21)18-34(3)17-24-9-11-28-29(13-24)40-20-39-28/h4-13,15,21-22,30,36H,14,16-20H2,1-3H3,(H,33,37)/t21-,22-,30+/m1/s1. The van der Waals surface area contributed by atoms with Crippen LogP contribution in [0.5, 0.6) is 17.2 Å². The third-order valence-electron chi connectivity index (χ3n) is 7.54. The molecule has 5 rings (SSSR count). The van der Waals surface area contributed by atoms with Crippen molar-refractivity contribution in [3.8, 4) is 17.2 Å². The summed E-state index contributed by atoms with van der Waals surface area (Å²) in [5.74, 6) is 1.54. The van der Waals surface area contributed by atoms with Gasteiger partial charge in [-0.25, -0.2) is 0 Å². The Morgan fingerprint density at radius 3 is 2.59 bits per heavy atom. The Morgan fingerprint density at radius 1 is 1.05 bits per heavy atom. The zero-order valence-electron chi connectivity index (χ0n) is 23.7. The van der Waals surface area contributed by atoms with Gasteiger partial charge in [-0.1, -0.05) is 43.3 Å². The molecule has 2 heterocycles. The van der Waals surface area contributed by atoms with E-state index in [2.05, 4.69) is 17.1 Å². The SMILES string of the molecule is C[C@@H]1CN([C@H](C)CO)C(=O)c2cc(NC(=O)Cc3ccccc3)ccc2O[C@H]1CN(C)Cc1ccc2c(c1)OCO2. The molecule has 0 fully saturated rings. The van der Waals surface area contributed by atoms with Crippen LogP contribution in [-0.4, -0.2) is 72.4 Å². The molecular formula is C32H37N3O6. The van der Waals surface area contributed by atoms with Gasteiger partial charge in [0, 0.05) is 31.2 Å². The Kier molecular flexibility index (Phi) is 8.75. The molecule has 216 valence electrons. The number of likely N-dealkylation sites (N-methyl/N-ethyl adjacent to an activating group) is 1. The van der Waals surface area contributed by atoms with Crippen LogP contribution in [0.25, 0.3) is 0 Å². The molecule has 0 unspecified atom stereocenters. The molecular weight excluding hydrogens is 522 g/mol. The normalized spacial score (nSPS) is 18.8. The van der Waals surface area contributed by atoms with Crippen LogP contribution >= 0.6 is 0 Å². The number of hydrogen-bond acceptors (Lipinski definition) is 7. The van der Waals surface area contributed by atoms with E-state index in [1.54, 1.807) is 23.1 Å². The van der Waals surface area contributed by atoms with E-state index in [-0.39, 0.29) is 49.7 Å². The monoisotopic (exact) mass is 559 g/mol. The van der Waals surface area contributed by atoms with Crippen LogP contribution in [0.1, 0.15) is 35.3 Å². The summed E-state index contributed by atoms with van der Waals surface area (Å²) in [6.07, 6.45) is -0.00140. The molecule has 9 heteroatoms. The molecule has 2 N–H and O–H groups in total. The second-order valence-corrected chi connectivity index (χ2v) is 10.9. The second-order valence-electron chi connectivity index (χ2n) is 10.9. The molecule has 2 aliphatic heterocycles. The lowest BCUT2D eigenvalue weighted by Crippen LogP contribution is -2.49. The number of benzene rings is 3. The van der Waals surface area contributed by atoms with Crippen LogP contribution in [0.15, 0.2) is 66.7 Å². The van der Waals surface area contributed by atoms with Crippen LogP contribution in [0.4, 0.5) is 5.69 Å². The summed E-state index contributed by atoms with van der Waals surface area (Å²) in [5.41, 5.74) is 2.87. The highest BCUT2D eigenvalue weighted by Crippen LogP contribution is 2.33. The molecule has 3 atom stereocenters. The molecule has 0 aliphatic carbocycles. The predicted octanol–water partition coefficient (Wildman–Crippen LogP) is 3.95. The molecule has 2 aliphatic rings. The molecule has 3 aromatic rings. The summed E-state index contributed by atoms with van der Waals surface area (Å²) >= 11 is 0. The molecule has 2 amide bonds. The molecule has 0 aromatic heterocycles. The number of carbonyl (C=O) groups excluding carboxylic acids is 2. The highest BCUT2D eigenvalue weighted by molar-refractivity contribution is 6.00. The van der Waals surface area contributed by atoms with Crippen molar-refractivity contribution in [3.05, 3.63) is 83.4 Å². The molecule has 0 saturated heterocycles. The highest BCUT2D eigenvalue weighted by atomic mass is 16.7. The van der Waals surface area contributed by atoms with Gasteiger partial charge in [-0.2, -0.15) is 0 Å². The van der Waals surface area contributed by atoms with E-state index in [1.165, 1.54) is 0 Å². The summed E-state index contributed by atoms with van der Waals surface area (Å²) in [4.78, 5) is 30.3. The minimum absolute atomic E-state index is 0.00874. The van der Waals surface area contributed by atoms with Gasteiger partial charge in [-0.05, 0) is 55.4 Å². The van der Waals surface area contributed by atoms with E-state index in [9.17, 15) is 14.7 Å². The number of nitrogens with one attached hydrogen (secondary N) is 1. The zero-order chi connectivity index (χ0) is 28.9. The Morgan fingerprint density at radius 2 is 1.80 bits per heavy atom. The van der Waals surface area contributed by atoms with Gasteiger partial charge in [-0.3, -0.25) is 14.5 Å². The van der Waals surface area contributed by atoms with Gasteiger partial charge in [-0.15, -0.1) is 0 Å². The summed E-state index contributed by atoms with van der Waals surface area (Å²) in [5, 5.41) is 12.9. The van der Waals surface area contributed by atoms with Crippen molar-refractivity contribution in [1.29, 1.82) is 0 Å². The molecule has 41 heavy (non-hydrogen) atoms. The molecule has 0 spiro atoms. The summed E-state index contributed by atoms with van der Waals surface area (Å²) in [7, 11) is 2.03. The minimum atomic E-state index is -0.376. The number of ether oxygens (including phenoxy) is 3. The van der Waals surface area contributed by atoms with E-state index in [4.69, 9.17) is 14.2 Å². The number of amides is 2. The first-order valence-electron chi connectivity index (χ1n) is 13.9. The number of hydrogen-bond donors (Lipinski definition) is 2. The molecule has 0 radical (unpaired) electrons. The molecule has 9 nitrogen and oxygen atoms in total. The smallest absolute Gasteiger partial charge is 0.258 e. The van der Waals surface area contributed by atoms with E-state index in [0.717, 1.165) is 22.6 Å². The van der Waals surface area contributed by atoms with Crippen LogP contribution in [0.3, 0.4) is 0 Å². The fourth-order valence-corrected chi connectivity index (χ4v) is 5.23. The molecule has 0 bridgehead atoms. The maximum absolute atomic E-state index is 13.7. The number of aliphatic hydroxyl groups is 1. The maximum atomic E-state index is 13.7. The largest absolute Gasteiger partial charge is 0.488 e. The maximum Gasteiger partial charge on any atom is 0.258 e. The first-order valence-corrected chi connectivity index (χ1v) is 13.9. The fourth-order valence-electron chi connectivity index (χ4n) is 5.23. The Balaban J connectivity index is 1.35. The molecule has 0 saturated carbocycles. The zero-order valence-corrected chi connectivity index (χ0v) is 23.7. The van der Waals surface area contributed by atoms with Gasteiger partial charge in [0.1, 0.15) is 11.9 Å². The van der Waals surface area contributed by atoms with Crippen molar-refractivity contribution in [3.63, 3.8) is 0 Å². The van der Waals surface area contributed by atoms with E-state index < -0.39 is 0 Å². The van der Waals surface area contributed by atoms with Crippen molar-refractivity contribution < 1.29 is 28.9 Å². The third kappa shape index (κ3) is 6.81.